The lowest BCUT2D eigenvalue weighted by Crippen LogP contribution is -2.29. The normalized spacial score (nSPS) is 9.50. The maximum Gasteiger partial charge on any atom is 0.303 e. The number of hydrogen-bond donors (Lipinski definition) is 4. The molecule has 0 aliphatic rings. The van der Waals surface area contributed by atoms with Crippen LogP contribution in [0.4, 0.5) is 0 Å². The van der Waals surface area contributed by atoms with E-state index < -0.39 is 11.9 Å². The third-order valence-corrected chi connectivity index (χ3v) is 1.65. The summed E-state index contributed by atoms with van der Waals surface area (Å²) in [5.41, 5.74) is 10.4. The van der Waals surface area contributed by atoms with E-state index in [0.29, 0.717) is 12.8 Å². The van der Waals surface area contributed by atoms with E-state index in [4.69, 9.17) is 21.7 Å². The summed E-state index contributed by atoms with van der Waals surface area (Å²) in [6.07, 6.45) is 2.93. The van der Waals surface area contributed by atoms with Gasteiger partial charge in [0, 0.05) is 12.8 Å². The Morgan fingerprint density at radius 3 is 1.56 bits per heavy atom. The second-order valence-electron chi connectivity index (χ2n) is 3.45. The predicted molar refractivity (Wildman–Crippen MR) is 60.8 cm³/mol. The van der Waals surface area contributed by atoms with Crippen LogP contribution in [0, 0.1) is 0 Å². The molecule has 0 radical (unpaired) electrons. The van der Waals surface area contributed by atoms with Crippen molar-refractivity contribution in [2.75, 3.05) is 0 Å². The molecule has 0 aromatic carbocycles. The number of rotatable bonds is 7. The quantitative estimate of drug-likeness (QED) is 0.380. The van der Waals surface area contributed by atoms with Gasteiger partial charge in [0.15, 0.2) is 0 Å². The van der Waals surface area contributed by atoms with Crippen LogP contribution < -0.4 is 11.5 Å². The van der Waals surface area contributed by atoms with E-state index in [1.54, 1.807) is 0 Å². The molecule has 0 fully saturated rings. The fraction of sp³-hybridized carbons (Fsp3) is 0.800. The van der Waals surface area contributed by atoms with Gasteiger partial charge in [-0.15, -0.1) is 0 Å². The number of aliphatic carboxylic acids is 2. The van der Waals surface area contributed by atoms with Gasteiger partial charge in [-0.25, -0.2) is 0 Å². The van der Waals surface area contributed by atoms with Crippen LogP contribution >= 0.6 is 0 Å². The van der Waals surface area contributed by atoms with E-state index in [0.717, 1.165) is 12.8 Å². The average Bonchev–Trinajstić information content (AvgIpc) is 2.12. The lowest BCUT2D eigenvalue weighted by Gasteiger charge is -1.97. The van der Waals surface area contributed by atoms with E-state index in [1.807, 2.05) is 0 Å². The number of nitrogens with two attached hydrogens (primary N) is 2. The first kappa shape index (κ1) is 17.3. The number of unbranched alkanes of at least 4 members (excludes halogenated alkanes) is 1. The zero-order valence-corrected chi connectivity index (χ0v) is 9.69. The Morgan fingerprint density at radius 2 is 1.44 bits per heavy atom. The van der Waals surface area contributed by atoms with Gasteiger partial charge >= 0.3 is 11.9 Å². The van der Waals surface area contributed by atoms with Crippen LogP contribution in [0.2, 0.25) is 0 Å². The SMILES string of the molecule is CCCC(N)N.O=C(O)CCCCC(=O)O. The Balaban J connectivity index is 0. The monoisotopic (exact) mass is 234 g/mol. The predicted octanol–water partition coefficient (Wildman–Crippen LogP) is 0.746. The van der Waals surface area contributed by atoms with Gasteiger partial charge in [-0.05, 0) is 19.3 Å². The zero-order chi connectivity index (χ0) is 13.0. The molecule has 96 valence electrons. The highest BCUT2D eigenvalue weighted by molar-refractivity contribution is 5.67. The lowest BCUT2D eigenvalue weighted by molar-refractivity contribution is -0.139. The minimum Gasteiger partial charge on any atom is -0.481 e. The first-order valence-electron chi connectivity index (χ1n) is 5.34. The molecular formula is C10H22N2O4. The molecule has 16 heavy (non-hydrogen) atoms. The molecule has 0 heterocycles. The smallest absolute Gasteiger partial charge is 0.303 e. The molecule has 0 spiro atoms. The summed E-state index contributed by atoms with van der Waals surface area (Å²) in [6, 6.07) is 0. The minimum atomic E-state index is -0.870. The van der Waals surface area contributed by atoms with Crippen molar-refractivity contribution in [3.8, 4) is 0 Å². The third-order valence-electron chi connectivity index (χ3n) is 1.65. The lowest BCUT2D eigenvalue weighted by atomic mass is 10.2. The molecule has 6 heteroatoms. The fourth-order valence-corrected chi connectivity index (χ4v) is 0.886. The Hall–Kier alpha value is -1.14. The van der Waals surface area contributed by atoms with Crippen molar-refractivity contribution in [3.63, 3.8) is 0 Å². The Labute approximate surface area is 95.6 Å². The van der Waals surface area contributed by atoms with E-state index in [9.17, 15) is 9.59 Å². The Morgan fingerprint density at radius 1 is 1.06 bits per heavy atom. The van der Waals surface area contributed by atoms with Gasteiger partial charge in [0.05, 0.1) is 6.17 Å². The Kier molecular flexibility index (Phi) is 12.9. The maximum atomic E-state index is 9.90. The summed E-state index contributed by atoms with van der Waals surface area (Å²) in [6.45, 7) is 2.06. The first-order valence-corrected chi connectivity index (χ1v) is 5.34. The highest BCUT2D eigenvalue weighted by atomic mass is 16.4. The number of carboxylic acid groups (broad SMARTS) is 2. The molecule has 0 aromatic rings. The highest BCUT2D eigenvalue weighted by Crippen LogP contribution is 1.98. The van der Waals surface area contributed by atoms with Gasteiger partial charge in [0.2, 0.25) is 0 Å². The van der Waals surface area contributed by atoms with Gasteiger partial charge in [-0.2, -0.15) is 0 Å². The minimum absolute atomic E-state index is 0.0628. The van der Waals surface area contributed by atoms with E-state index >= 15 is 0 Å². The molecule has 6 nitrogen and oxygen atoms in total. The molecule has 0 aliphatic carbocycles. The molecule has 0 saturated carbocycles. The molecule has 0 aromatic heterocycles. The van der Waals surface area contributed by atoms with E-state index in [-0.39, 0.29) is 19.0 Å². The molecule has 0 saturated heterocycles. The van der Waals surface area contributed by atoms with Crippen LogP contribution in [-0.2, 0) is 9.59 Å². The fourth-order valence-electron chi connectivity index (χ4n) is 0.886. The molecule has 0 aliphatic heterocycles. The maximum absolute atomic E-state index is 9.90. The van der Waals surface area contributed by atoms with Gasteiger partial charge in [0.25, 0.3) is 0 Å². The summed E-state index contributed by atoms with van der Waals surface area (Å²) in [5, 5.41) is 16.3. The summed E-state index contributed by atoms with van der Waals surface area (Å²) < 4.78 is 0. The second-order valence-corrected chi connectivity index (χ2v) is 3.45. The molecular weight excluding hydrogens is 212 g/mol. The average molecular weight is 234 g/mol. The standard InChI is InChI=1S/C6H10O4.C4H12N2/c7-5(8)3-1-2-4-6(9)10;1-2-3-4(5)6/h1-4H2,(H,7,8)(H,9,10);4H,2-3,5-6H2,1H3. The largest absolute Gasteiger partial charge is 0.481 e. The summed E-state index contributed by atoms with van der Waals surface area (Å²) >= 11 is 0. The van der Waals surface area contributed by atoms with Crippen molar-refractivity contribution in [2.45, 2.75) is 51.6 Å². The number of hydrogen-bond acceptors (Lipinski definition) is 4. The van der Waals surface area contributed by atoms with E-state index in [2.05, 4.69) is 6.92 Å². The van der Waals surface area contributed by atoms with Crippen molar-refractivity contribution in [1.82, 2.24) is 0 Å². The van der Waals surface area contributed by atoms with Gasteiger partial charge < -0.3 is 21.7 Å². The first-order chi connectivity index (χ1) is 7.40. The van der Waals surface area contributed by atoms with Crippen LogP contribution in [0.5, 0.6) is 0 Å². The second kappa shape index (κ2) is 11.9. The van der Waals surface area contributed by atoms with Crippen LogP contribution in [0.3, 0.4) is 0 Å². The van der Waals surface area contributed by atoms with Crippen molar-refractivity contribution < 1.29 is 19.8 Å². The summed E-state index contributed by atoms with van der Waals surface area (Å²) in [7, 11) is 0. The molecule has 0 amide bonds. The highest BCUT2D eigenvalue weighted by Gasteiger charge is 1.99. The Bertz CT molecular complexity index is 179. The summed E-state index contributed by atoms with van der Waals surface area (Å²) in [5.74, 6) is -1.74. The van der Waals surface area contributed by atoms with Crippen molar-refractivity contribution in [2.24, 2.45) is 11.5 Å². The molecule has 0 atom stereocenters. The molecule has 0 bridgehead atoms. The van der Waals surface area contributed by atoms with Crippen LogP contribution in [0.25, 0.3) is 0 Å². The van der Waals surface area contributed by atoms with Crippen LogP contribution in [0.15, 0.2) is 0 Å². The van der Waals surface area contributed by atoms with Crippen molar-refractivity contribution in [1.29, 1.82) is 0 Å². The van der Waals surface area contributed by atoms with Crippen molar-refractivity contribution in [3.05, 3.63) is 0 Å². The van der Waals surface area contributed by atoms with Crippen LogP contribution in [0.1, 0.15) is 45.4 Å². The summed E-state index contributed by atoms with van der Waals surface area (Å²) in [4.78, 5) is 19.8. The van der Waals surface area contributed by atoms with E-state index in [1.165, 1.54) is 0 Å². The topological polar surface area (TPSA) is 127 Å². The molecule has 0 rings (SSSR count). The third kappa shape index (κ3) is 23.0. The zero-order valence-electron chi connectivity index (χ0n) is 9.69. The van der Waals surface area contributed by atoms with Crippen molar-refractivity contribution >= 4 is 11.9 Å². The molecule has 6 N–H and O–H groups in total. The van der Waals surface area contributed by atoms with Gasteiger partial charge in [0.1, 0.15) is 0 Å². The van der Waals surface area contributed by atoms with Gasteiger partial charge in [-0.1, -0.05) is 13.3 Å². The van der Waals surface area contributed by atoms with Crippen LogP contribution in [-0.4, -0.2) is 28.3 Å². The van der Waals surface area contributed by atoms with Gasteiger partial charge in [-0.3, -0.25) is 9.59 Å². The number of carboxylic acids is 2. The number of carbonyl (C=O) groups is 2. The molecule has 0 unspecified atom stereocenters.